The molecule has 156 valence electrons. The van der Waals surface area contributed by atoms with Crippen molar-refractivity contribution in [3.05, 3.63) is 64.5 Å². The topological polar surface area (TPSA) is 38.8 Å². The number of rotatable bonds is 3. The van der Waals surface area contributed by atoms with Crippen molar-refractivity contribution >= 4 is 34.2 Å². The van der Waals surface area contributed by atoms with Crippen molar-refractivity contribution in [1.29, 1.82) is 0 Å². The predicted molar refractivity (Wildman–Crippen MR) is 112 cm³/mol. The summed E-state index contributed by atoms with van der Waals surface area (Å²) >= 11 is 0. The second-order valence-corrected chi connectivity index (χ2v) is 8.93. The molecule has 4 radical (unpaired) electrons. The van der Waals surface area contributed by atoms with Crippen LogP contribution in [0.2, 0.25) is 0 Å². The van der Waals surface area contributed by atoms with Gasteiger partial charge in [-0.3, -0.25) is 4.79 Å². The van der Waals surface area contributed by atoms with Crippen molar-refractivity contribution in [2.45, 2.75) is 50.8 Å². The lowest BCUT2D eigenvalue weighted by atomic mass is 9.58. The summed E-state index contributed by atoms with van der Waals surface area (Å²) in [5.41, 5.74) is -1.89. The molecule has 0 unspecified atom stereocenters. The van der Waals surface area contributed by atoms with Gasteiger partial charge < -0.3 is 14.2 Å². The van der Waals surface area contributed by atoms with Crippen LogP contribution in [0.15, 0.2) is 30.3 Å². The summed E-state index contributed by atoms with van der Waals surface area (Å²) < 4.78 is 55.8. The van der Waals surface area contributed by atoms with E-state index in [1.165, 1.54) is 12.1 Å². The maximum Gasteiger partial charge on any atom is 0.495 e. The van der Waals surface area contributed by atoms with E-state index in [-0.39, 0.29) is 16.6 Å². The fourth-order valence-corrected chi connectivity index (χ4v) is 3.81. The van der Waals surface area contributed by atoms with Gasteiger partial charge in [0.25, 0.3) is 5.91 Å². The molecule has 0 aromatic heterocycles. The quantitative estimate of drug-likeness (QED) is 0.713. The minimum atomic E-state index is -2.05. The fourth-order valence-electron chi connectivity index (χ4n) is 3.81. The van der Waals surface area contributed by atoms with E-state index in [0.717, 1.165) is 23.1 Å². The first-order chi connectivity index (χ1) is 14.3. The minimum absolute atomic E-state index is 0.0420. The van der Waals surface area contributed by atoms with Crippen molar-refractivity contribution in [3.8, 4) is 0 Å². The molecule has 2 aliphatic rings. The summed E-state index contributed by atoms with van der Waals surface area (Å²) in [6, 6.07) is 5.99. The first kappa shape index (κ1) is 22.0. The molecule has 2 aliphatic heterocycles. The van der Waals surface area contributed by atoms with E-state index in [0.29, 0.717) is 0 Å². The molecule has 0 bridgehead atoms. The molecule has 2 aromatic carbocycles. The monoisotopic (exact) mass is 423 g/mol. The molecular formula is C21H19B3F3NO3. The molecule has 0 aliphatic carbocycles. The van der Waals surface area contributed by atoms with Crippen molar-refractivity contribution in [2.24, 2.45) is 0 Å². The summed E-state index contributed by atoms with van der Waals surface area (Å²) in [5, 5.41) is -2.05. The average molecular weight is 423 g/mol. The van der Waals surface area contributed by atoms with Gasteiger partial charge in [0.2, 0.25) is 0 Å². The Morgan fingerprint density at radius 3 is 2.03 bits per heavy atom. The van der Waals surface area contributed by atoms with Gasteiger partial charge in [-0.1, -0.05) is 6.07 Å². The van der Waals surface area contributed by atoms with Crippen LogP contribution in [-0.2, 0) is 21.2 Å². The van der Waals surface area contributed by atoms with Gasteiger partial charge in [-0.15, -0.1) is 0 Å². The molecule has 31 heavy (non-hydrogen) atoms. The van der Waals surface area contributed by atoms with Gasteiger partial charge in [-0.25, -0.2) is 13.2 Å². The molecular weight excluding hydrogens is 404 g/mol. The van der Waals surface area contributed by atoms with E-state index in [1.54, 1.807) is 0 Å². The highest BCUT2D eigenvalue weighted by molar-refractivity contribution is 6.62. The Hall–Kier alpha value is -2.19. The van der Waals surface area contributed by atoms with Gasteiger partial charge >= 0.3 is 7.12 Å². The molecule has 1 saturated heterocycles. The second kappa shape index (κ2) is 6.91. The van der Waals surface area contributed by atoms with Crippen molar-refractivity contribution in [3.63, 3.8) is 0 Å². The summed E-state index contributed by atoms with van der Waals surface area (Å²) in [6.07, 6.45) is 0. The predicted octanol–water partition coefficient (Wildman–Crippen LogP) is 2.51. The highest BCUT2D eigenvalue weighted by atomic mass is 19.1. The Morgan fingerprint density at radius 1 is 0.968 bits per heavy atom. The van der Waals surface area contributed by atoms with Crippen molar-refractivity contribution < 1.29 is 27.3 Å². The first-order valence-electron chi connectivity index (χ1n) is 9.78. The van der Waals surface area contributed by atoms with Crippen LogP contribution in [0.5, 0.6) is 0 Å². The number of carbonyl (C=O) groups excluding carboxylic acids is 1. The van der Waals surface area contributed by atoms with E-state index >= 15 is 0 Å². The highest BCUT2D eigenvalue weighted by Crippen LogP contribution is 2.39. The van der Waals surface area contributed by atoms with Crippen LogP contribution >= 0.6 is 0 Å². The van der Waals surface area contributed by atoms with Crippen LogP contribution < -0.4 is 5.46 Å². The zero-order valence-corrected chi connectivity index (χ0v) is 17.6. The maximum absolute atomic E-state index is 14.9. The third-order valence-electron chi connectivity index (χ3n) is 6.34. The maximum atomic E-state index is 14.9. The molecule has 0 N–H and O–H groups in total. The SMILES string of the molecule is [B]C1([B])c2c(F)cccc2C(=O)N1Cc1c(F)cc(B2OC(C)(C)C(C)(C)O2)cc1F. The Kier molecular flexibility index (Phi) is 4.91. The third kappa shape index (κ3) is 3.31. The number of hydrogen-bond acceptors (Lipinski definition) is 3. The molecule has 0 saturated carbocycles. The first-order valence-corrected chi connectivity index (χ1v) is 9.78. The average Bonchev–Trinajstić information content (AvgIpc) is 2.98. The zero-order chi connectivity index (χ0) is 22.9. The Morgan fingerprint density at radius 2 is 1.52 bits per heavy atom. The van der Waals surface area contributed by atoms with E-state index in [1.807, 2.05) is 27.7 Å². The molecule has 4 rings (SSSR count). The summed E-state index contributed by atoms with van der Waals surface area (Å²) in [5.74, 6) is -3.33. The lowest BCUT2D eigenvalue weighted by molar-refractivity contribution is 0.00578. The van der Waals surface area contributed by atoms with Gasteiger partial charge in [0, 0.05) is 16.7 Å². The second-order valence-electron chi connectivity index (χ2n) is 8.93. The molecule has 4 nitrogen and oxygen atoms in total. The number of fused-ring (bicyclic) bond motifs is 1. The molecule has 10 heteroatoms. The van der Waals surface area contributed by atoms with E-state index < -0.39 is 59.1 Å². The molecule has 1 amide bonds. The van der Waals surface area contributed by atoms with Crippen LogP contribution in [0.1, 0.15) is 49.2 Å². The van der Waals surface area contributed by atoms with E-state index in [4.69, 9.17) is 25.0 Å². The van der Waals surface area contributed by atoms with Gasteiger partial charge in [0.05, 0.1) is 33.4 Å². The molecule has 2 aromatic rings. The fraction of sp³-hybridized carbons (Fsp3) is 0.381. The Labute approximate surface area is 182 Å². The molecule has 1 fully saturated rings. The molecule has 0 atom stereocenters. The van der Waals surface area contributed by atoms with Gasteiger partial charge in [0.15, 0.2) is 0 Å². The smallest absolute Gasteiger partial charge is 0.399 e. The zero-order valence-electron chi connectivity index (χ0n) is 17.6. The van der Waals surface area contributed by atoms with Crippen LogP contribution in [0, 0.1) is 17.5 Å². The number of nitrogens with zero attached hydrogens (tertiary/aromatic N) is 1. The standard InChI is InChI=1S/C21H19B3F3NO3/c1-19(2)20(3,4)31-24(30-19)11-8-15(26)13(16(27)9-11)10-28-18(29)12-6-5-7-14(25)17(12)21(28,22)23/h5-9H,10H2,1-4H3. The Balaban J connectivity index is 1.66. The van der Waals surface area contributed by atoms with E-state index in [2.05, 4.69) is 0 Å². The number of amides is 1. The van der Waals surface area contributed by atoms with Crippen LogP contribution in [-0.4, -0.2) is 44.8 Å². The normalized spacial score (nSPS) is 20.9. The number of hydrogen-bond donors (Lipinski definition) is 0. The lowest BCUT2D eigenvalue weighted by Crippen LogP contribution is -2.45. The van der Waals surface area contributed by atoms with Crippen LogP contribution in [0.4, 0.5) is 13.2 Å². The van der Waals surface area contributed by atoms with Gasteiger partial charge in [0.1, 0.15) is 17.5 Å². The lowest BCUT2D eigenvalue weighted by Gasteiger charge is -2.34. The molecule has 0 spiro atoms. The van der Waals surface area contributed by atoms with Gasteiger partial charge in [-0.2, -0.15) is 0 Å². The van der Waals surface area contributed by atoms with Crippen molar-refractivity contribution in [2.75, 3.05) is 0 Å². The largest absolute Gasteiger partial charge is 0.495 e. The number of halogens is 3. The summed E-state index contributed by atoms with van der Waals surface area (Å²) in [4.78, 5) is 13.6. The molecule has 2 heterocycles. The van der Waals surface area contributed by atoms with Crippen LogP contribution in [0.25, 0.3) is 0 Å². The summed E-state index contributed by atoms with van der Waals surface area (Å²) in [7, 11) is 11.1. The minimum Gasteiger partial charge on any atom is -0.399 e. The number of carbonyl (C=O) groups is 1. The van der Waals surface area contributed by atoms with Crippen molar-refractivity contribution in [1.82, 2.24) is 4.90 Å². The Bertz CT molecular complexity index is 1050. The number of benzene rings is 2. The van der Waals surface area contributed by atoms with Gasteiger partial charge in [-0.05, 0) is 62.8 Å². The highest BCUT2D eigenvalue weighted by Gasteiger charge is 2.52. The third-order valence-corrected chi connectivity index (χ3v) is 6.34. The van der Waals surface area contributed by atoms with E-state index in [9.17, 15) is 18.0 Å². The summed E-state index contributed by atoms with van der Waals surface area (Å²) in [6.45, 7) is 6.72. The van der Waals surface area contributed by atoms with Crippen LogP contribution in [0.3, 0.4) is 0 Å².